The van der Waals surface area contributed by atoms with Gasteiger partial charge in [-0.1, -0.05) is 0 Å². The molecular weight excluding hydrogens is 300 g/mol. The molecule has 1 aromatic rings. The number of benzene rings is 1. The molecule has 0 fully saturated rings. The lowest BCUT2D eigenvalue weighted by molar-refractivity contribution is -0.384. The highest BCUT2D eigenvalue weighted by Crippen LogP contribution is 2.30. The number of nitro benzene ring substituents is 1. The van der Waals surface area contributed by atoms with Gasteiger partial charge in [0.1, 0.15) is 17.1 Å². The molecule has 0 radical (unpaired) electrons. The zero-order chi connectivity index (χ0) is 16.4. The Morgan fingerprint density at radius 1 is 1.48 bits per heavy atom. The summed E-state index contributed by atoms with van der Waals surface area (Å²) in [7, 11) is 0. The van der Waals surface area contributed by atoms with Crippen LogP contribution in [0.2, 0.25) is 0 Å². The van der Waals surface area contributed by atoms with E-state index >= 15 is 0 Å². The number of aromatic carboxylic acids is 1. The molecule has 0 spiro atoms. The Balaban J connectivity index is 3.14. The van der Waals surface area contributed by atoms with Gasteiger partial charge in [-0.05, 0) is 6.92 Å². The second-order valence-electron chi connectivity index (χ2n) is 4.28. The maximum atomic E-state index is 13.5. The van der Waals surface area contributed by atoms with Crippen LogP contribution in [0.5, 0.6) is 0 Å². The molecule has 116 valence electrons. The lowest BCUT2D eigenvalue weighted by atomic mass is 10.1. The largest absolute Gasteiger partial charge is 0.478 e. The summed E-state index contributed by atoms with van der Waals surface area (Å²) in [5.74, 6) is -3.00. The van der Waals surface area contributed by atoms with E-state index in [0.717, 1.165) is 6.92 Å². The van der Waals surface area contributed by atoms with E-state index < -0.39 is 52.3 Å². The predicted molar refractivity (Wildman–Crippen MR) is 63.8 cm³/mol. The highest BCUT2D eigenvalue weighted by atomic mass is 19.4. The zero-order valence-electron chi connectivity index (χ0n) is 10.6. The van der Waals surface area contributed by atoms with Crippen LogP contribution in [0.4, 0.5) is 28.9 Å². The van der Waals surface area contributed by atoms with E-state index in [0.29, 0.717) is 12.1 Å². The van der Waals surface area contributed by atoms with Crippen LogP contribution < -0.4 is 5.32 Å². The highest BCUT2D eigenvalue weighted by Gasteiger charge is 2.31. The number of alkyl halides is 3. The number of rotatable bonds is 5. The van der Waals surface area contributed by atoms with Crippen molar-refractivity contribution in [2.75, 3.05) is 5.32 Å². The van der Waals surface area contributed by atoms with Crippen molar-refractivity contribution < 1.29 is 32.4 Å². The standard InChI is InChI=1S/C11H10F4N2O4/c1-5(4-11(13,14)15)16-8-3-7(12)6(10(18)19)2-9(8)17(20)21/h2-3,5,16H,4H2,1H3,(H,18,19). The van der Waals surface area contributed by atoms with Gasteiger partial charge in [0.15, 0.2) is 0 Å². The van der Waals surface area contributed by atoms with Gasteiger partial charge in [-0.3, -0.25) is 10.1 Å². The minimum Gasteiger partial charge on any atom is -0.478 e. The summed E-state index contributed by atoms with van der Waals surface area (Å²) >= 11 is 0. The number of nitro groups is 1. The van der Waals surface area contributed by atoms with E-state index in [1.165, 1.54) is 0 Å². The molecule has 0 amide bonds. The molecule has 1 aromatic carbocycles. The molecule has 0 aliphatic carbocycles. The van der Waals surface area contributed by atoms with E-state index in [4.69, 9.17) is 5.11 Å². The molecule has 0 heterocycles. The van der Waals surface area contributed by atoms with Gasteiger partial charge in [0, 0.05) is 18.2 Å². The average molecular weight is 310 g/mol. The van der Waals surface area contributed by atoms with E-state index in [-0.39, 0.29) is 0 Å². The van der Waals surface area contributed by atoms with Gasteiger partial charge in [0.25, 0.3) is 5.69 Å². The predicted octanol–water partition coefficient (Wildman–Crippen LogP) is 3.18. The van der Waals surface area contributed by atoms with Gasteiger partial charge in [0.2, 0.25) is 0 Å². The first-order valence-electron chi connectivity index (χ1n) is 5.55. The van der Waals surface area contributed by atoms with Gasteiger partial charge >= 0.3 is 12.1 Å². The van der Waals surface area contributed by atoms with E-state index in [1.54, 1.807) is 0 Å². The van der Waals surface area contributed by atoms with Crippen molar-refractivity contribution in [3.05, 3.63) is 33.6 Å². The van der Waals surface area contributed by atoms with Crippen LogP contribution in [0.3, 0.4) is 0 Å². The van der Waals surface area contributed by atoms with Crippen LogP contribution in [0, 0.1) is 15.9 Å². The Bertz CT molecular complexity index is 574. The van der Waals surface area contributed by atoms with Gasteiger partial charge < -0.3 is 10.4 Å². The number of hydrogen-bond donors (Lipinski definition) is 2. The van der Waals surface area contributed by atoms with Crippen molar-refractivity contribution in [3.63, 3.8) is 0 Å². The van der Waals surface area contributed by atoms with E-state index in [2.05, 4.69) is 5.32 Å². The number of carboxylic acid groups (broad SMARTS) is 1. The molecule has 1 atom stereocenters. The quantitative estimate of drug-likeness (QED) is 0.495. The number of carboxylic acids is 1. The van der Waals surface area contributed by atoms with Crippen LogP contribution in [0.15, 0.2) is 12.1 Å². The third-order valence-corrected chi connectivity index (χ3v) is 2.45. The van der Waals surface area contributed by atoms with Crippen LogP contribution in [-0.4, -0.2) is 28.2 Å². The molecule has 0 saturated heterocycles. The van der Waals surface area contributed by atoms with Crippen molar-refractivity contribution in [1.29, 1.82) is 0 Å². The third kappa shape index (κ3) is 4.58. The molecule has 2 N–H and O–H groups in total. The van der Waals surface area contributed by atoms with Crippen LogP contribution >= 0.6 is 0 Å². The van der Waals surface area contributed by atoms with Crippen molar-refractivity contribution in [2.45, 2.75) is 25.6 Å². The first kappa shape index (κ1) is 16.7. The lowest BCUT2D eigenvalue weighted by Crippen LogP contribution is -2.24. The van der Waals surface area contributed by atoms with Gasteiger partial charge in [-0.2, -0.15) is 13.2 Å². The van der Waals surface area contributed by atoms with Gasteiger partial charge in [-0.15, -0.1) is 0 Å². The van der Waals surface area contributed by atoms with Crippen LogP contribution in [-0.2, 0) is 0 Å². The number of nitrogens with one attached hydrogen (secondary N) is 1. The van der Waals surface area contributed by atoms with Gasteiger partial charge in [0.05, 0.1) is 11.3 Å². The minimum absolute atomic E-state index is 0.459. The first-order valence-corrected chi connectivity index (χ1v) is 5.55. The maximum absolute atomic E-state index is 13.5. The minimum atomic E-state index is -4.50. The van der Waals surface area contributed by atoms with E-state index in [9.17, 15) is 32.5 Å². The zero-order valence-corrected chi connectivity index (χ0v) is 10.6. The molecular formula is C11H10F4N2O4. The third-order valence-electron chi connectivity index (χ3n) is 2.45. The second kappa shape index (κ2) is 5.94. The SMILES string of the molecule is CC(CC(F)(F)F)Nc1cc(F)c(C(=O)O)cc1[N+](=O)[O-]. The smallest absolute Gasteiger partial charge is 0.391 e. The molecule has 0 aliphatic heterocycles. The van der Waals surface area contributed by atoms with Crippen LogP contribution in [0.1, 0.15) is 23.7 Å². The van der Waals surface area contributed by atoms with Crippen molar-refractivity contribution in [2.24, 2.45) is 0 Å². The van der Waals surface area contributed by atoms with Crippen molar-refractivity contribution in [3.8, 4) is 0 Å². The molecule has 10 heteroatoms. The number of carbonyl (C=O) groups is 1. The number of anilines is 1. The Kier molecular flexibility index (Phi) is 4.71. The van der Waals surface area contributed by atoms with Crippen LogP contribution in [0.25, 0.3) is 0 Å². The molecule has 1 rings (SSSR count). The monoisotopic (exact) mass is 310 g/mol. The Morgan fingerprint density at radius 3 is 2.48 bits per heavy atom. The molecule has 0 aromatic heterocycles. The fraction of sp³-hybridized carbons (Fsp3) is 0.364. The molecule has 6 nitrogen and oxygen atoms in total. The molecule has 1 unspecified atom stereocenters. The fourth-order valence-electron chi connectivity index (χ4n) is 1.66. The summed E-state index contributed by atoms with van der Waals surface area (Å²) in [5.41, 5.74) is -2.27. The number of halogens is 4. The summed E-state index contributed by atoms with van der Waals surface area (Å²) in [4.78, 5) is 20.5. The van der Waals surface area contributed by atoms with Crippen molar-refractivity contribution >= 4 is 17.3 Å². The Morgan fingerprint density at radius 2 is 2.05 bits per heavy atom. The normalized spacial score (nSPS) is 12.8. The number of hydrogen-bond acceptors (Lipinski definition) is 4. The fourth-order valence-corrected chi connectivity index (χ4v) is 1.66. The molecule has 21 heavy (non-hydrogen) atoms. The summed E-state index contributed by atoms with van der Waals surface area (Å²) < 4.78 is 50.0. The molecule has 0 aliphatic rings. The summed E-state index contributed by atoms with van der Waals surface area (Å²) in [6, 6.07) is -0.298. The number of nitrogens with zero attached hydrogens (tertiary/aromatic N) is 1. The average Bonchev–Trinajstić information content (AvgIpc) is 2.24. The molecule has 0 saturated carbocycles. The Hall–Kier alpha value is -2.39. The molecule has 0 bridgehead atoms. The van der Waals surface area contributed by atoms with E-state index in [1.807, 2.05) is 0 Å². The Labute approximate surface area is 115 Å². The summed E-state index contributed by atoms with van der Waals surface area (Å²) in [6.07, 6.45) is -5.78. The summed E-state index contributed by atoms with van der Waals surface area (Å²) in [6.45, 7) is 1.11. The lowest BCUT2D eigenvalue weighted by Gasteiger charge is -2.17. The topological polar surface area (TPSA) is 92.5 Å². The first-order chi connectivity index (χ1) is 9.51. The maximum Gasteiger partial charge on any atom is 0.391 e. The highest BCUT2D eigenvalue weighted by molar-refractivity contribution is 5.90. The second-order valence-corrected chi connectivity index (χ2v) is 4.28. The van der Waals surface area contributed by atoms with Gasteiger partial charge in [-0.25, -0.2) is 9.18 Å². The van der Waals surface area contributed by atoms with Crippen molar-refractivity contribution in [1.82, 2.24) is 0 Å². The summed E-state index contributed by atoms with van der Waals surface area (Å²) in [5, 5.41) is 21.6.